The second-order valence-corrected chi connectivity index (χ2v) is 9.99. The molecule has 1 atom stereocenters. The van der Waals surface area contributed by atoms with Crippen molar-refractivity contribution >= 4 is 38.7 Å². The van der Waals surface area contributed by atoms with Crippen molar-refractivity contribution in [1.82, 2.24) is 5.32 Å². The van der Waals surface area contributed by atoms with Gasteiger partial charge in [-0.05, 0) is 47.9 Å². The van der Waals surface area contributed by atoms with Crippen molar-refractivity contribution in [3.8, 4) is 0 Å². The molecule has 3 rings (SSSR count). The zero-order valence-corrected chi connectivity index (χ0v) is 18.2. The second kappa shape index (κ2) is 10.0. The Kier molecular flexibility index (Phi) is 7.44. The van der Waals surface area contributed by atoms with Crippen LogP contribution in [0, 0.1) is 5.82 Å². The molecule has 8 heteroatoms. The number of aliphatic imine (C=N–C) groups is 1. The molecule has 0 saturated heterocycles. The van der Waals surface area contributed by atoms with Crippen LogP contribution in [0.4, 0.5) is 4.39 Å². The Morgan fingerprint density at radius 2 is 1.90 bits per heavy atom. The van der Waals surface area contributed by atoms with E-state index in [9.17, 15) is 17.6 Å². The highest BCUT2D eigenvalue weighted by molar-refractivity contribution is 8.14. The predicted octanol–water partition coefficient (Wildman–Crippen LogP) is 4.37. The average Bonchev–Trinajstić information content (AvgIpc) is 3.20. The van der Waals surface area contributed by atoms with Crippen LogP contribution in [-0.2, 0) is 14.6 Å². The first-order valence-electron chi connectivity index (χ1n) is 9.65. The molecule has 158 valence electrons. The van der Waals surface area contributed by atoms with Gasteiger partial charge in [0, 0.05) is 11.8 Å². The Hall–Kier alpha value is -2.45. The van der Waals surface area contributed by atoms with Crippen molar-refractivity contribution in [3.63, 3.8) is 0 Å². The topological polar surface area (TPSA) is 75.6 Å². The molecule has 0 radical (unpaired) electrons. The smallest absolute Gasteiger partial charge is 0.249 e. The number of carbonyl (C=O) groups excluding carboxylic acids is 1. The van der Waals surface area contributed by atoms with E-state index in [0.717, 1.165) is 17.5 Å². The van der Waals surface area contributed by atoms with Crippen LogP contribution in [0.15, 0.2) is 64.5 Å². The monoisotopic (exact) mass is 446 g/mol. The minimum Gasteiger partial charge on any atom is -0.302 e. The van der Waals surface area contributed by atoms with Gasteiger partial charge >= 0.3 is 0 Å². The molecule has 0 spiro atoms. The van der Waals surface area contributed by atoms with Crippen LogP contribution in [0.5, 0.6) is 0 Å². The van der Waals surface area contributed by atoms with Gasteiger partial charge in [0.05, 0.1) is 16.7 Å². The van der Waals surface area contributed by atoms with Gasteiger partial charge in [0.1, 0.15) is 5.82 Å². The van der Waals surface area contributed by atoms with Crippen LogP contribution < -0.4 is 5.32 Å². The lowest BCUT2D eigenvalue weighted by Gasteiger charge is -2.04. The van der Waals surface area contributed by atoms with Gasteiger partial charge in [-0.3, -0.25) is 9.79 Å². The van der Waals surface area contributed by atoms with E-state index in [4.69, 9.17) is 0 Å². The number of carbonyl (C=O) groups is 1. The summed E-state index contributed by atoms with van der Waals surface area (Å²) in [5.74, 6) is 0.206. The van der Waals surface area contributed by atoms with Crippen molar-refractivity contribution in [2.75, 3.05) is 11.5 Å². The Bertz CT molecular complexity index is 1050. The quantitative estimate of drug-likeness (QED) is 0.641. The molecule has 0 saturated carbocycles. The summed E-state index contributed by atoms with van der Waals surface area (Å²) >= 11 is 1.43. The predicted molar refractivity (Wildman–Crippen MR) is 120 cm³/mol. The van der Waals surface area contributed by atoms with E-state index in [1.54, 1.807) is 42.5 Å². The van der Waals surface area contributed by atoms with Crippen molar-refractivity contribution in [2.24, 2.45) is 4.99 Å². The summed E-state index contributed by atoms with van der Waals surface area (Å²) in [6.45, 7) is 1.95. The number of unbranched alkanes of at least 4 members (excludes halogenated alkanes) is 1. The first kappa shape index (κ1) is 22.2. The number of halogens is 1. The summed E-state index contributed by atoms with van der Waals surface area (Å²) in [6.07, 6.45) is 4.46. The highest BCUT2D eigenvalue weighted by Crippen LogP contribution is 2.29. The Labute approximate surface area is 180 Å². The largest absolute Gasteiger partial charge is 0.302 e. The lowest BCUT2D eigenvalue weighted by molar-refractivity contribution is -0.115. The van der Waals surface area contributed by atoms with Crippen LogP contribution >= 0.6 is 11.8 Å². The normalized spacial score (nSPS) is 16.6. The van der Waals surface area contributed by atoms with Gasteiger partial charge in [-0.25, -0.2) is 12.8 Å². The lowest BCUT2D eigenvalue weighted by atomic mass is 10.1. The number of hydrogen-bond acceptors (Lipinski definition) is 5. The van der Waals surface area contributed by atoms with E-state index in [0.29, 0.717) is 22.2 Å². The van der Waals surface area contributed by atoms with Gasteiger partial charge < -0.3 is 5.32 Å². The van der Waals surface area contributed by atoms with Crippen molar-refractivity contribution in [1.29, 1.82) is 0 Å². The van der Waals surface area contributed by atoms with Crippen molar-refractivity contribution < 1.29 is 17.6 Å². The number of amidine groups is 1. The van der Waals surface area contributed by atoms with E-state index in [-0.39, 0.29) is 23.5 Å². The van der Waals surface area contributed by atoms with Crippen LogP contribution in [0.25, 0.3) is 6.08 Å². The summed E-state index contributed by atoms with van der Waals surface area (Å²) in [6, 6.07) is 12.5. The standard InChI is InChI=1S/C22H23FN2O3S2/c1-2-3-14-30(27,28)19-11-4-16(5-12-19)6-13-21(26)25-22-24-20(15-29-22)17-7-9-18(23)10-8-17/h4-13,20H,2-3,14-15H2,1H3,(H,24,25,26)/b13-6+. The van der Waals surface area contributed by atoms with Crippen LogP contribution in [0.1, 0.15) is 36.9 Å². The number of hydrogen-bond donors (Lipinski definition) is 1. The van der Waals surface area contributed by atoms with Crippen LogP contribution in [0.2, 0.25) is 0 Å². The zero-order valence-electron chi connectivity index (χ0n) is 16.5. The lowest BCUT2D eigenvalue weighted by Crippen LogP contribution is -2.25. The average molecular weight is 447 g/mol. The molecule has 1 unspecified atom stereocenters. The SMILES string of the molecule is CCCCS(=O)(=O)c1ccc(/C=C/C(=O)NC2=NC(c3ccc(F)cc3)CS2)cc1. The molecule has 0 fully saturated rings. The van der Waals surface area contributed by atoms with Crippen LogP contribution in [0.3, 0.4) is 0 Å². The summed E-state index contributed by atoms with van der Waals surface area (Å²) in [5, 5.41) is 3.26. The maximum absolute atomic E-state index is 13.0. The highest BCUT2D eigenvalue weighted by atomic mass is 32.2. The molecule has 1 heterocycles. The van der Waals surface area contributed by atoms with Crippen LogP contribution in [-0.4, -0.2) is 31.0 Å². The molecule has 2 aromatic carbocycles. The number of amides is 1. The summed E-state index contributed by atoms with van der Waals surface area (Å²) in [5.41, 5.74) is 1.63. The number of benzene rings is 2. The fraction of sp³-hybridized carbons (Fsp3) is 0.273. The van der Waals surface area contributed by atoms with E-state index < -0.39 is 9.84 Å². The molecule has 0 aromatic heterocycles. The molecule has 1 aliphatic heterocycles. The number of nitrogens with zero attached hydrogens (tertiary/aromatic N) is 1. The molecule has 30 heavy (non-hydrogen) atoms. The van der Waals surface area contributed by atoms with Gasteiger partial charge in [-0.1, -0.05) is 49.4 Å². The van der Waals surface area contributed by atoms with Gasteiger partial charge in [-0.15, -0.1) is 0 Å². The Morgan fingerprint density at radius 3 is 2.57 bits per heavy atom. The van der Waals surface area contributed by atoms with E-state index in [2.05, 4.69) is 10.3 Å². The molecular formula is C22H23FN2O3S2. The van der Waals surface area contributed by atoms with Crippen molar-refractivity contribution in [3.05, 3.63) is 71.6 Å². The minimum absolute atomic E-state index is 0.114. The molecule has 0 bridgehead atoms. The highest BCUT2D eigenvalue weighted by Gasteiger charge is 2.21. The maximum atomic E-state index is 13.0. The van der Waals surface area contributed by atoms with E-state index in [1.807, 2.05) is 6.92 Å². The molecule has 2 aromatic rings. The minimum atomic E-state index is -3.26. The molecular weight excluding hydrogens is 423 g/mol. The number of nitrogens with one attached hydrogen (secondary N) is 1. The maximum Gasteiger partial charge on any atom is 0.249 e. The molecule has 5 nitrogen and oxygen atoms in total. The molecule has 1 aliphatic rings. The first-order chi connectivity index (χ1) is 14.4. The second-order valence-electron chi connectivity index (χ2n) is 6.88. The van der Waals surface area contributed by atoms with Gasteiger partial charge in [0.15, 0.2) is 15.0 Å². The first-order valence-corrected chi connectivity index (χ1v) is 12.3. The molecule has 1 N–H and O–H groups in total. The summed E-state index contributed by atoms with van der Waals surface area (Å²) < 4.78 is 37.4. The number of rotatable bonds is 7. The molecule has 1 amide bonds. The Balaban J connectivity index is 1.57. The van der Waals surface area contributed by atoms with E-state index in [1.165, 1.54) is 30.0 Å². The third kappa shape index (κ3) is 6.03. The summed E-state index contributed by atoms with van der Waals surface area (Å²) in [7, 11) is -3.26. The van der Waals surface area contributed by atoms with Gasteiger partial charge in [-0.2, -0.15) is 0 Å². The van der Waals surface area contributed by atoms with Crippen molar-refractivity contribution in [2.45, 2.75) is 30.7 Å². The number of sulfone groups is 1. The third-order valence-corrected chi connectivity index (χ3v) is 7.35. The summed E-state index contributed by atoms with van der Waals surface area (Å²) in [4.78, 5) is 16.9. The third-order valence-electron chi connectivity index (χ3n) is 4.57. The van der Waals surface area contributed by atoms with Gasteiger partial charge in [0.2, 0.25) is 5.91 Å². The Morgan fingerprint density at radius 1 is 1.20 bits per heavy atom. The molecule has 0 aliphatic carbocycles. The fourth-order valence-electron chi connectivity index (χ4n) is 2.86. The van der Waals surface area contributed by atoms with E-state index >= 15 is 0 Å². The fourth-order valence-corrected chi connectivity index (χ4v) is 5.27. The van der Waals surface area contributed by atoms with Gasteiger partial charge in [0.25, 0.3) is 0 Å². The number of thioether (sulfide) groups is 1. The zero-order chi connectivity index (χ0) is 21.6.